The molecule has 0 fully saturated rings. The number of hydrogen-bond acceptors (Lipinski definition) is 4. The first-order valence-corrected chi connectivity index (χ1v) is 5.77. The predicted octanol–water partition coefficient (Wildman–Crippen LogP) is 1.67. The SMILES string of the molecule is C#Cc1ccc(C(=O)NC(=O)NC)cc1[N+](=O)[O-].CC. The van der Waals surface area contributed by atoms with Gasteiger partial charge in [0.15, 0.2) is 0 Å². The highest BCUT2D eigenvalue weighted by Crippen LogP contribution is 2.19. The Morgan fingerprint density at radius 2 is 1.95 bits per heavy atom. The lowest BCUT2D eigenvalue weighted by Gasteiger charge is -2.03. The van der Waals surface area contributed by atoms with Crippen LogP contribution in [-0.4, -0.2) is 23.9 Å². The van der Waals surface area contributed by atoms with Gasteiger partial charge >= 0.3 is 6.03 Å². The van der Waals surface area contributed by atoms with Gasteiger partial charge in [0.05, 0.1) is 4.92 Å². The molecule has 0 radical (unpaired) electrons. The smallest absolute Gasteiger partial charge is 0.321 e. The van der Waals surface area contributed by atoms with Crippen LogP contribution in [0.15, 0.2) is 18.2 Å². The van der Waals surface area contributed by atoms with E-state index < -0.39 is 16.9 Å². The van der Waals surface area contributed by atoms with Crippen molar-refractivity contribution in [3.63, 3.8) is 0 Å². The van der Waals surface area contributed by atoms with Crippen molar-refractivity contribution in [2.75, 3.05) is 7.05 Å². The summed E-state index contributed by atoms with van der Waals surface area (Å²) in [7, 11) is 1.34. The number of terminal acetylenes is 1. The summed E-state index contributed by atoms with van der Waals surface area (Å²) in [5.74, 6) is 1.39. The van der Waals surface area contributed by atoms with E-state index in [1.165, 1.54) is 19.2 Å². The zero-order valence-corrected chi connectivity index (χ0v) is 11.4. The van der Waals surface area contributed by atoms with Crippen molar-refractivity contribution < 1.29 is 14.5 Å². The molecule has 7 nitrogen and oxygen atoms in total. The highest BCUT2D eigenvalue weighted by molar-refractivity contribution is 6.04. The van der Waals surface area contributed by atoms with Crippen molar-refractivity contribution in [3.05, 3.63) is 39.4 Å². The summed E-state index contributed by atoms with van der Waals surface area (Å²) in [6.07, 6.45) is 5.10. The zero-order valence-electron chi connectivity index (χ0n) is 11.4. The van der Waals surface area contributed by atoms with Crippen LogP contribution >= 0.6 is 0 Å². The van der Waals surface area contributed by atoms with Gasteiger partial charge in [-0.05, 0) is 12.1 Å². The molecule has 0 unspecified atom stereocenters. The first-order chi connectivity index (χ1) is 9.49. The average Bonchev–Trinajstić information content (AvgIpc) is 2.48. The van der Waals surface area contributed by atoms with Crippen molar-refractivity contribution in [1.29, 1.82) is 0 Å². The van der Waals surface area contributed by atoms with Crippen LogP contribution in [0.5, 0.6) is 0 Å². The monoisotopic (exact) mass is 277 g/mol. The van der Waals surface area contributed by atoms with E-state index >= 15 is 0 Å². The number of benzene rings is 1. The summed E-state index contributed by atoms with van der Waals surface area (Å²) >= 11 is 0. The lowest BCUT2D eigenvalue weighted by atomic mass is 10.1. The molecule has 0 heterocycles. The first-order valence-electron chi connectivity index (χ1n) is 5.77. The Hall–Kier alpha value is -2.88. The third kappa shape index (κ3) is 4.42. The fraction of sp³-hybridized carbons (Fsp3) is 0.231. The van der Waals surface area contributed by atoms with Crippen molar-refractivity contribution in [1.82, 2.24) is 10.6 Å². The van der Waals surface area contributed by atoms with Gasteiger partial charge in [-0.2, -0.15) is 0 Å². The number of carbonyl (C=O) groups excluding carboxylic acids is 2. The van der Waals surface area contributed by atoms with Crippen LogP contribution in [0.25, 0.3) is 0 Å². The molecule has 1 aromatic rings. The number of nitrogens with one attached hydrogen (secondary N) is 2. The Kier molecular flexibility index (Phi) is 7.07. The second-order valence-corrected chi connectivity index (χ2v) is 3.17. The third-order valence-corrected chi connectivity index (χ3v) is 2.07. The maximum Gasteiger partial charge on any atom is 0.321 e. The quantitative estimate of drug-likeness (QED) is 0.487. The van der Waals surface area contributed by atoms with Gasteiger partial charge in [-0.1, -0.05) is 19.8 Å². The highest BCUT2D eigenvalue weighted by Gasteiger charge is 2.17. The molecule has 0 bridgehead atoms. The van der Waals surface area contributed by atoms with Crippen LogP contribution in [0.3, 0.4) is 0 Å². The molecule has 7 heteroatoms. The largest absolute Gasteiger partial charge is 0.341 e. The van der Waals surface area contributed by atoms with Gasteiger partial charge < -0.3 is 5.32 Å². The number of rotatable bonds is 2. The van der Waals surface area contributed by atoms with Gasteiger partial charge in [0.25, 0.3) is 11.6 Å². The van der Waals surface area contributed by atoms with E-state index in [2.05, 4.69) is 11.2 Å². The molecule has 0 aromatic heterocycles. The number of nitrogens with zero attached hydrogens (tertiary/aromatic N) is 1. The van der Waals surface area contributed by atoms with Gasteiger partial charge in [-0.25, -0.2) is 4.79 Å². The van der Waals surface area contributed by atoms with E-state index in [-0.39, 0.29) is 16.8 Å². The third-order valence-electron chi connectivity index (χ3n) is 2.07. The highest BCUT2D eigenvalue weighted by atomic mass is 16.6. The molecular formula is C13H15N3O4. The summed E-state index contributed by atoms with van der Waals surface area (Å²) < 4.78 is 0. The van der Waals surface area contributed by atoms with E-state index in [0.717, 1.165) is 6.07 Å². The minimum absolute atomic E-state index is 0.0238. The fourth-order valence-electron chi connectivity index (χ4n) is 1.18. The Bertz CT molecular complexity index is 561. The van der Waals surface area contributed by atoms with Crippen molar-refractivity contribution >= 4 is 17.6 Å². The van der Waals surface area contributed by atoms with E-state index in [4.69, 9.17) is 6.42 Å². The van der Waals surface area contributed by atoms with Crippen LogP contribution in [0, 0.1) is 22.5 Å². The van der Waals surface area contributed by atoms with Gasteiger partial charge in [0, 0.05) is 18.7 Å². The van der Waals surface area contributed by atoms with Crippen molar-refractivity contribution in [2.24, 2.45) is 0 Å². The number of amides is 3. The van der Waals surface area contributed by atoms with Crippen LogP contribution in [0.4, 0.5) is 10.5 Å². The molecule has 1 rings (SSSR count). The number of imide groups is 1. The number of carbonyl (C=O) groups is 2. The number of urea groups is 1. The van der Waals surface area contributed by atoms with Gasteiger partial charge in [0.1, 0.15) is 5.56 Å². The van der Waals surface area contributed by atoms with E-state index in [9.17, 15) is 19.7 Å². The van der Waals surface area contributed by atoms with E-state index in [1.807, 2.05) is 19.2 Å². The molecule has 0 aliphatic rings. The van der Waals surface area contributed by atoms with Crippen LogP contribution in [0.2, 0.25) is 0 Å². The first kappa shape index (κ1) is 17.1. The predicted molar refractivity (Wildman–Crippen MR) is 74.3 cm³/mol. The Balaban J connectivity index is 0.00000172. The Labute approximate surface area is 116 Å². The Morgan fingerprint density at radius 3 is 2.40 bits per heavy atom. The molecule has 0 saturated carbocycles. The molecule has 0 aliphatic heterocycles. The molecule has 3 amide bonds. The summed E-state index contributed by atoms with van der Waals surface area (Å²) in [6.45, 7) is 4.00. The topological polar surface area (TPSA) is 101 Å². The average molecular weight is 277 g/mol. The van der Waals surface area contributed by atoms with E-state index in [0.29, 0.717) is 0 Å². The second-order valence-electron chi connectivity index (χ2n) is 3.17. The van der Waals surface area contributed by atoms with Gasteiger partial charge in [-0.15, -0.1) is 6.42 Å². The summed E-state index contributed by atoms with van der Waals surface area (Å²) in [4.78, 5) is 32.5. The van der Waals surface area contributed by atoms with E-state index in [1.54, 1.807) is 0 Å². The number of hydrogen-bond donors (Lipinski definition) is 2. The molecule has 106 valence electrons. The van der Waals surface area contributed by atoms with Crippen molar-refractivity contribution in [3.8, 4) is 12.3 Å². The number of nitro benzene ring substituents is 1. The zero-order chi connectivity index (χ0) is 15.7. The maximum atomic E-state index is 11.5. The molecule has 0 atom stereocenters. The normalized spacial score (nSPS) is 8.50. The lowest BCUT2D eigenvalue weighted by molar-refractivity contribution is -0.385. The number of nitro groups is 1. The molecule has 1 aromatic carbocycles. The summed E-state index contributed by atoms with van der Waals surface area (Å²) in [5, 5.41) is 14.9. The molecule has 0 saturated heterocycles. The molecule has 0 aliphatic carbocycles. The fourth-order valence-corrected chi connectivity index (χ4v) is 1.18. The van der Waals surface area contributed by atoms with Crippen LogP contribution in [0.1, 0.15) is 29.8 Å². The van der Waals surface area contributed by atoms with Crippen molar-refractivity contribution in [2.45, 2.75) is 13.8 Å². The minimum atomic E-state index is -0.749. The van der Waals surface area contributed by atoms with Gasteiger partial charge in [-0.3, -0.25) is 20.2 Å². The minimum Gasteiger partial charge on any atom is -0.341 e. The maximum absolute atomic E-state index is 11.5. The van der Waals surface area contributed by atoms with Gasteiger partial charge in [0.2, 0.25) is 0 Å². The van der Waals surface area contributed by atoms with Crippen LogP contribution in [-0.2, 0) is 0 Å². The van der Waals surface area contributed by atoms with Crippen LogP contribution < -0.4 is 10.6 Å². The lowest BCUT2D eigenvalue weighted by Crippen LogP contribution is -2.37. The standard InChI is InChI=1S/C11H9N3O4.C2H6/c1-3-7-4-5-8(6-9(7)14(17)18)10(15)13-11(16)12-2;1-2/h1,4-6H,2H3,(H2,12,13,15,16);1-2H3. The summed E-state index contributed by atoms with van der Waals surface area (Å²) in [6, 6.07) is 2.90. The Morgan fingerprint density at radius 1 is 1.35 bits per heavy atom. The summed E-state index contributed by atoms with van der Waals surface area (Å²) in [5.41, 5.74) is -0.317. The molecule has 0 spiro atoms. The molecule has 20 heavy (non-hydrogen) atoms. The molecular weight excluding hydrogens is 262 g/mol. The second kappa shape index (κ2) is 8.26. The molecule has 2 N–H and O–H groups in total.